The number of thiophene rings is 1. The summed E-state index contributed by atoms with van der Waals surface area (Å²) in [5, 5.41) is 21.5. The van der Waals surface area contributed by atoms with Gasteiger partial charge in [0.25, 0.3) is 11.6 Å². The summed E-state index contributed by atoms with van der Waals surface area (Å²) in [7, 11) is 0. The van der Waals surface area contributed by atoms with Crippen LogP contribution in [0, 0.1) is 20.2 Å². The van der Waals surface area contributed by atoms with Crippen molar-refractivity contribution in [2.45, 2.75) is 6.54 Å². The number of non-ortho nitro benzene ring substituents is 1. The third-order valence-electron chi connectivity index (χ3n) is 3.37. The van der Waals surface area contributed by atoms with Gasteiger partial charge in [-0.1, -0.05) is 28.7 Å². The van der Waals surface area contributed by atoms with E-state index in [-0.39, 0.29) is 15.6 Å². The maximum atomic E-state index is 12.3. The number of thiazole rings is 1. The molecule has 0 unspecified atom stereocenters. The molecule has 1 amide bonds. The molecule has 2 heterocycles. The fourth-order valence-electron chi connectivity index (χ4n) is 2.25. The van der Waals surface area contributed by atoms with Crippen molar-refractivity contribution in [1.82, 2.24) is 4.57 Å². The summed E-state index contributed by atoms with van der Waals surface area (Å²) in [5.41, 5.74) is 0.625. The number of aromatic nitrogens is 1. The number of benzene rings is 1. The van der Waals surface area contributed by atoms with Gasteiger partial charge in [0.05, 0.1) is 20.1 Å². The normalized spacial score (nSPS) is 11.6. The molecule has 0 radical (unpaired) electrons. The number of nitro groups is 2. The second-order valence-corrected chi connectivity index (χ2v) is 7.08. The Balaban J connectivity index is 2.12. The summed E-state index contributed by atoms with van der Waals surface area (Å²) in [6.07, 6.45) is 1.62. The number of nitro benzene ring substituents is 1. The number of allylic oxidation sites excluding steroid dienone is 1. The van der Waals surface area contributed by atoms with Crippen molar-refractivity contribution in [3.8, 4) is 0 Å². The first-order valence-corrected chi connectivity index (χ1v) is 8.76. The summed E-state index contributed by atoms with van der Waals surface area (Å²) >= 11 is 1.87. The highest BCUT2D eigenvalue weighted by atomic mass is 32.1. The van der Waals surface area contributed by atoms with E-state index < -0.39 is 15.8 Å². The molecule has 0 N–H and O–H groups in total. The summed E-state index contributed by atoms with van der Waals surface area (Å²) in [6, 6.07) is 6.99. The lowest BCUT2D eigenvalue weighted by Crippen LogP contribution is -2.15. The molecular weight excluding hydrogens is 380 g/mol. The van der Waals surface area contributed by atoms with E-state index in [4.69, 9.17) is 0 Å². The van der Waals surface area contributed by atoms with Crippen LogP contribution in [0.5, 0.6) is 0 Å². The lowest BCUT2D eigenvalue weighted by molar-refractivity contribution is -0.384. The zero-order chi connectivity index (χ0) is 18.8. The number of carbonyl (C=O) groups is 1. The van der Waals surface area contributed by atoms with E-state index in [1.54, 1.807) is 16.7 Å². The first-order valence-electron chi connectivity index (χ1n) is 7.12. The number of rotatable bonds is 5. The van der Waals surface area contributed by atoms with E-state index in [1.165, 1.54) is 24.3 Å². The van der Waals surface area contributed by atoms with Gasteiger partial charge in [-0.05, 0) is 12.1 Å². The van der Waals surface area contributed by atoms with Crippen molar-refractivity contribution < 1.29 is 14.6 Å². The van der Waals surface area contributed by atoms with Crippen LogP contribution in [-0.2, 0) is 6.54 Å². The van der Waals surface area contributed by atoms with Crippen molar-refractivity contribution in [2.24, 2.45) is 4.99 Å². The number of carbonyl (C=O) groups excluding carboxylic acids is 1. The van der Waals surface area contributed by atoms with E-state index in [9.17, 15) is 25.0 Å². The molecule has 3 rings (SSSR count). The lowest BCUT2D eigenvalue weighted by atomic mass is 10.3. The van der Waals surface area contributed by atoms with Gasteiger partial charge in [-0.25, -0.2) is 0 Å². The molecule has 0 spiro atoms. The van der Waals surface area contributed by atoms with Crippen LogP contribution in [0.1, 0.15) is 9.67 Å². The highest BCUT2D eigenvalue weighted by Crippen LogP contribution is 2.25. The van der Waals surface area contributed by atoms with Gasteiger partial charge in [-0.3, -0.25) is 25.0 Å². The first-order chi connectivity index (χ1) is 12.4. The van der Waals surface area contributed by atoms with Gasteiger partial charge in [-0.15, -0.1) is 6.58 Å². The van der Waals surface area contributed by atoms with E-state index in [0.29, 0.717) is 21.6 Å². The smallest absolute Gasteiger partial charge is 0.312 e. The van der Waals surface area contributed by atoms with Gasteiger partial charge in [0, 0.05) is 24.7 Å². The third kappa shape index (κ3) is 3.30. The Labute approximate surface area is 153 Å². The minimum absolute atomic E-state index is 0.0590. The van der Waals surface area contributed by atoms with Gasteiger partial charge in [0.2, 0.25) is 0 Å². The molecule has 3 aromatic rings. The summed E-state index contributed by atoms with van der Waals surface area (Å²) < 4.78 is 2.31. The average Bonchev–Trinajstić information content (AvgIpc) is 3.20. The van der Waals surface area contributed by atoms with Crippen molar-refractivity contribution in [2.75, 3.05) is 0 Å². The molecule has 2 aromatic heterocycles. The number of hydrogen-bond acceptors (Lipinski definition) is 7. The van der Waals surface area contributed by atoms with Crippen molar-refractivity contribution >= 4 is 49.5 Å². The standard InChI is InChI=1S/C15H10N4O5S2/c1-2-7-17-10-4-3-9(18(21)22)8-12(10)26-15(17)16-14(20)11-5-6-13(25-11)19(23)24/h2-6,8H,1,7H2. The van der Waals surface area contributed by atoms with Gasteiger partial charge < -0.3 is 4.57 Å². The summed E-state index contributed by atoms with van der Waals surface area (Å²) in [6.45, 7) is 4.02. The highest BCUT2D eigenvalue weighted by Gasteiger charge is 2.16. The molecule has 0 aliphatic carbocycles. The minimum Gasteiger partial charge on any atom is -0.312 e. The van der Waals surface area contributed by atoms with Gasteiger partial charge in [0.1, 0.15) is 4.88 Å². The van der Waals surface area contributed by atoms with Gasteiger partial charge in [0.15, 0.2) is 4.80 Å². The fourth-order valence-corrected chi connectivity index (χ4v) is 4.02. The Kier molecular flexibility index (Phi) is 4.73. The Bertz CT molecular complexity index is 1120. The zero-order valence-corrected chi connectivity index (χ0v) is 14.7. The second-order valence-electron chi connectivity index (χ2n) is 5.01. The molecule has 11 heteroatoms. The maximum absolute atomic E-state index is 12.3. The topological polar surface area (TPSA) is 121 Å². The number of nitrogens with zero attached hydrogens (tertiary/aromatic N) is 4. The quantitative estimate of drug-likeness (QED) is 0.375. The predicted octanol–water partition coefficient (Wildman–Crippen LogP) is 3.51. The summed E-state index contributed by atoms with van der Waals surface area (Å²) in [5.74, 6) is -0.609. The molecule has 0 atom stereocenters. The molecule has 26 heavy (non-hydrogen) atoms. The van der Waals surface area contributed by atoms with Crippen LogP contribution in [0.4, 0.5) is 10.7 Å². The van der Waals surface area contributed by atoms with Gasteiger partial charge >= 0.3 is 5.00 Å². The maximum Gasteiger partial charge on any atom is 0.324 e. The average molecular weight is 390 g/mol. The Morgan fingerprint density at radius 2 is 1.96 bits per heavy atom. The number of fused-ring (bicyclic) bond motifs is 1. The molecule has 132 valence electrons. The highest BCUT2D eigenvalue weighted by molar-refractivity contribution is 7.17. The molecule has 1 aromatic carbocycles. The minimum atomic E-state index is -0.609. The van der Waals surface area contributed by atoms with Gasteiger partial charge in [-0.2, -0.15) is 4.99 Å². The van der Waals surface area contributed by atoms with Crippen LogP contribution in [0.15, 0.2) is 48.0 Å². The van der Waals surface area contributed by atoms with Crippen LogP contribution in [0.2, 0.25) is 0 Å². The van der Waals surface area contributed by atoms with E-state index >= 15 is 0 Å². The third-order valence-corrected chi connectivity index (χ3v) is 5.43. The Morgan fingerprint density at radius 1 is 1.19 bits per heavy atom. The molecule has 0 saturated heterocycles. The van der Waals surface area contributed by atoms with Crippen molar-refractivity contribution in [3.63, 3.8) is 0 Å². The Hall–Kier alpha value is -3.18. The van der Waals surface area contributed by atoms with Crippen molar-refractivity contribution in [3.05, 3.63) is 72.9 Å². The van der Waals surface area contributed by atoms with E-state index in [0.717, 1.165) is 22.7 Å². The molecule has 0 bridgehead atoms. The largest absolute Gasteiger partial charge is 0.324 e. The fraction of sp³-hybridized carbons (Fsp3) is 0.0667. The number of amides is 1. The van der Waals surface area contributed by atoms with Crippen LogP contribution in [0.3, 0.4) is 0 Å². The lowest BCUT2D eigenvalue weighted by Gasteiger charge is -2.00. The summed E-state index contributed by atoms with van der Waals surface area (Å²) in [4.78, 5) is 37.5. The molecule has 0 saturated carbocycles. The van der Waals surface area contributed by atoms with Crippen LogP contribution in [-0.4, -0.2) is 20.3 Å². The predicted molar refractivity (Wildman–Crippen MR) is 97.5 cm³/mol. The van der Waals surface area contributed by atoms with E-state index in [2.05, 4.69) is 11.6 Å². The second kappa shape index (κ2) is 6.98. The molecule has 0 aliphatic heterocycles. The van der Waals surface area contributed by atoms with Crippen LogP contribution >= 0.6 is 22.7 Å². The molecular formula is C15H10N4O5S2. The molecule has 0 fully saturated rings. The SMILES string of the molecule is C=CCn1c(=NC(=O)c2ccc([N+](=O)[O-])s2)sc2cc([N+](=O)[O-])ccc21. The number of hydrogen-bond donors (Lipinski definition) is 0. The monoisotopic (exact) mass is 390 g/mol. The molecule has 9 nitrogen and oxygen atoms in total. The van der Waals surface area contributed by atoms with Crippen molar-refractivity contribution in [1.29, 1.82) is 0 Å². The first kappa shape index (κ1) is 17.6. The molecule has 0 aliphatic rings. The van der Waals surface area contributed by atoms with Crippen LogP contribution < -0.4 is 4.80 Å². The zero-order valence-electron chi connectivity index (χ0n) is 13.0. The van der Waals surface area contributed by atoms with E-state index in [1.807, 2.05) is 0 Å². The Morgan fingerprint density at radius 3 is 2.58 bits per heavy atom. The van der Waals surface area contributed by atoms with Crippen LogP contribution in [0.25, 0.3) is 10.2 Å².